The van der Waals surface area contributed by atoms with Crippen molar-refractivity contribution in [3.8, 4) is 6.07 Å². The van der Waals surface area contributed by atoms with Crippen LogP contribution in [-0.2, 0) is 0 Å². The lowest BCUT2D eigenvalue weighted by atomic mass is 10.0. The summed E-state index contributed by atoms with van der Waals surface area (Å²) in [4.78, 5) is 0. The number of thiocarbonyl (C=S) groups is 1. The van der Waals surface area contributed by atoms with E-state index in [2.05, 4.69) is 17.5 Å². The van der Waals surface area contributed by atoms with Crippen LogP contribution in [0.4, 0.5) is 5.69 Å². The number of nitrogens with one attached hydrogen (secondary N) is 1. The lowest BCUT2D eigenvalue weighted by Gasteiger charge is -2.16. The van der Waals surface area contributed by atoms with Gasteiger partial charge in [0.25, 0.3) is 0 Å². The van der Waals surface area contributed by atoms with Crippen molar-refractivity contribution < 1.29 is 10.2 Å². The van der Waals surface area contributed by atoms with Gasteiger partial charge in [0, 0.05) is 11.3 Å². The summed E-state index contributed by atoms with van der Waals surface area (Å²) in [7, 11) is 0. The number of nitrogens with two attached hydrogens (primary N) is 1. The van der Waals surface area contributed by atoms with E-state index in [9.17, 15) is 10.2 Å². The van der Waals surface area contributed by atoms with E-state index in [0.717, 1.165) is 0 Å². The fraction of sp³-hybridized carbons (Fsp3) is 0.200. The molecule has 0 amide bonds. The number of aliphatic hydroxyl groups excluding tert-OH is 2. The Balaban J connectivity index is 3.03. The second-order valence-electron chi connectivity index (χ2n) is 3.10. The minimum Gasteiger partial charge on any atom is -0.384 e. The molecular weight excluding hydrogens is 226 g/mol. The first-order chi connectivity index (χ1) is 7.56. The third-order valence-corrected chi connectivity index (χ3v) is 2.07. The van der Waals surface area contributed by atoms with E-state index in [1.165, 1.54) is 0 Å². The van der Waals surface area contributed by atoms with Gasteiger partial charge in [0.15, 0.2) is 11.2 Å². The maximum atomic E-state index is 9.69. The molecular formula is C10H11N3O2S. The van der Waals surface area contributed by atoms with Crippen molar-refractivity contribution in [2.45, 2.75) is 12.2 Å². The Labute approximate surface area is 98.1 Å². The summed E-state index contributed by atoms with van der Waals surface area (Å²) in [6, 6.07) is 8.17. The van der Waals surface area contributed by atoms with Crippen LogP contribution in [0.25, 0.3) is 0 Å². The average Bonchev–Trinajstić information content (AvgIpc) is 2.27. The predicted molar refractivity (Wildman–Crippen MR) is 63.4 cm³/mol. The Morgan fingerprint density at radius 3 is 2.62 bits per heavy atom. The topological polar surface area (TPSA) is 102 Å². The zero-order valence-electron chi connectivity index (χ0n) is 8.29. The number of hydrogen-bond acceptors (Lipinski definition) is 4. The quantitative estimate of drug-likeness (QED) is 0.444. The molecule has 5 N–H and O–H groups in total. The van der Waals surface area contributed by atoms with Crippen LogP contribution in [0.15, 0.2) is 24.3 Å². The molecule has 5 nitrogen and oxygen atoms in total. The standard InChI is InChI=1S/C10H11N3O2S/c11-5-8(14)9(15)6-3-1-2-4-7(6)13-10(12)16/h1-4,8-9,14-15H,(H3,12,13,16). The average molecular weight is 237 g/mol. The van der Waals surface area contributed by atoms with Gasteiger partial charge in [0.1, 0.15) is 6.10 Å². The lowest BCUT2D eigenvalue weighted by molar-refractivity contribution is 0.0533. The van der Waals surface area contributed by atoms with Crippen molar-refractivity contribution >= 4 is 23.0 Å². The highest BCUT2D eigenvalue weighted by Crippen LogP contribution is 2.24. The molecule has 84 valence electrons. The van der Waals surface area contributed by atoms with Crippen molar-refractivity contribution in [1.29, 1.82) is 5.26 Å². The van der Waals surface area contributed by atoms with Gasteiger partial charge >= 0.3 is 0 Å². The molecule has 0 bridgehead atoms. The molecule has 0 aliphatic carbocycles. The summed E-state index contributed by atoms with van der Waals surface area (Å²) in [6.07, 6.45) is -2.79. The molecule has 0 aliphatic heterocycles. The van der Waals surface area contributed by atoms with Crippen molar-refractivity contribution in [2.24, 2.45) is 5.73 Å². The first-order valence-corrected chi connectivity index (χ1v) is 4.88. The molecule has 0 spiro atoms. The first kappa shape index (κ1) is 12.4. The molecule has 0 heterocycles. The molecule has 0 aliphatic rings. The number of benzene rings is 1. The summed E-state index contributed by atoms with van der Waals surface area (Å²) in [5, 5.41) is 30.1. The van der Waals surface area contributed by atoms with Crippen LogP contribution >= 0.6 is 12.2 Å². The third kappa shape index (κ3) is 2.90. The maximum Gasteiger partial charge on any atom is 0.170 e. The summed E-state index contributed by atoms with van der Waals surface area (Å²) in [5.74, 6) is 0. The van der Waals surface area contributed by atoms with E-state index < -0.39 is 12.2 Å². The number of rotatable bonds is 3. The monoisotopic (exact) mass is 237 g/mol. The normalized spacial score (nSPS) is 13.6. The number of hydrogen-bond donors (Lipinski definition) is 4. The van der Waals surface area contributed by atoms with Gasteiger partial charge in [-0.1, -0.05) is 18.2 Å². The van der Waals surface area contributed by atoms with Gasteiger partial charge in [-0.3, -0.25) is 0 Å². The van der Waals surface area contributed by atoms with Crippen molar-refractivity contribution in [3.05, 3.63) is 29.8 Å². The lowest BCUT2D eigenvalue weighted by Crippen LogP contribution is -2.22. The minimum atomic E-state index is -1.49. The molecule has 2 unspecified atom stereocenters. The van der Waals surface area contributed by atoms with E-state index in [1.54, 1.807) is 30.3 Å². The zero-order valence-corrected chi connectivity index (χ0v) is 9.11. The highest BCUT2D eigenvalue weighted by molar-refractivity contribution is 7.80. The van der Waals surface area contributed by atoms with E-state index in [4.69, 9.17) is 11.0 Å². The number of nitriles is 1. The van der Waals surface area contributed by atoms with Gasteiger partial charge < -0.3 is 21.3 Å². The smallest absolute Gasteiger partial charge is 0.170 e. The number of nitrogens with zero attached hydrogens (tertiary/aromatic N) is 1. The molecule has 1 aromatic carbocycles. The molecule has 1 aromatic rings. The Morgan fingerprint density at radius 1 is 1.44 bits per heavy atom. The third-order valence-electron chi connectivity index (χ3n) is 1.97. The second-order valence-corrected chi connectivity index (χ2v) is 3.54. The Morgan fingerprint density at radius 2 is 2.06 bits per heavy atom. The predicted octanol–water partition coefficient (Wildman–Crippen LogP) is 0.260. The maximum absolute atomic E-state index is 9.69. The van der Waals surface area contributed by atoms with Crippen LogP contribution in [0.1, 0.15) is 11.7 Å². The summed E-state index contributed by atoms with van der Waals surface area (Å²) in [5.41, 5.74) is 6.15. The van der Waals surface area contributed by atoms with Crippen LogP contribution in [0, 0.1) is 11.3 Å². The van der Waals surface area contributed by atoms with E-state index in [1.807, 2.05) is 0 Å². The Hall–Kier alpha value is -1.68. The van der Waals surface area contributed by atoms with Gasteiger partial charge in [-0.15, -0.1) is 0 Å². The fourth-order valence-corrected chi connectivity index (χ4v) is 1.35. The van der Waals surface area contributed by atoms with Crippen LogP contribution in [0.5, 0.6) is 0 Å². The highest BCUT2D eigenvalue weighted by Gasteiger charge is 2.20. The zero-order chi connectivity index (χ0) is 12.1. The molecule has 16 heavy (non-hydrogen) atoms. The fourth-order valence-electron chi connectivity index (χ4n) is 1.24. The summed E-state index contributed by atoms with van der Waals surface area (Å²) >= 11 is 4.68. The van der Waals surface area contributed by atoms with Crippen molar-refractivity contribution in [3.63, 3.8) is 0 Å². The van der Waals surface area contributed by atoms with Crippen LogP contribution < -0.4 is 11.1 Å². The van der Waals surface area contributed by atoms with Crippen molar-refractivity contribution in [1.82, 2.24) is 0 Å². The molecule has 1 rings (SSSR count). The number of anilines is 1. The summed E-state index contributed by atoms with van der Waals surface area (Å²) < 4.78 is 0. The molecule has 0 fully saturated rings. The molecule has 0 saturated carbocycles. The molecule has 0 saturated heterocycles. The largest absolute Gasteiger partial charge is 0.384 e. The second kappa shape index (κ2) is 5.42. The van der Waals surface area contributed by atoms with E-state index in [-0.39, 0.29) is 5.11 Å². The summed E-state index contributed by atoms with van der Waals surface area (Å²) in [6.45, 7) is 0. The molecule has 2 atom stereocenters. The van der Waals surface area contributed by atoms with Gasteiger partial charge in [-0.05, 0) is 18.3 Å². The van der Waals surface area contributed by atoms with Crippen molar-refractivity contribution in [2.75, 3.05) is 5.32 Å². The Kier molecular flexibility index (Phi) is 4.19. The Bertz CT molecular complexity index is 430. The number of aliphatic hydroxyl groups is 2. The van der Waals surface area contributed by atoms with Gasteiger partial charge in [-0.25, -0.2) is 0 Å². The number of para-hydroxylation sites is 1. The molecule has 0 aromatic heterocycles. The van der Waals surface area contributed by atoms with Gasteiger partial charge in [0.05, 0.1) is 6.07 Å². The van der Waals surface area contributed by atoms with E-state index >= 15 is 0 Å². The van der Waals surface area contributed by atoms with E-state index in [0.29, 0.717) is 11.3 Å². The SMILES string of the molecule is N#CC(O)C(O)c1ccccc1NC(N)=S. The van der Waals surface area contributed by atoms with Crippen LogP contribution in [-0.4, -0.2) is 21.4 Å². The minimum absolute atomic E-state index is 0.0473. The molecule has 0 radical (unpaired) electrons. The molecule has 6 heteroatoms. The highest BCUT2D eigenvalue weighted by atomic mass is 32.1. The first-order valence-electron chi connectivity index (χ1n) is 4.47. The van der Waals surface area contributed by atoms with Gasteiger partial charge in [0.2, 0.25) is 0 Å². The van der Waals surface area contributed by atoms with Crippen LogP contribution in [0.2, 0.25) is 0 Å². The van der Waals surface area contributed by atoms with Gasteiger partial charge in [-0.2, -0.15) is 5.26 Å². The van der Waals surface area contributed by atoms with Crippen LogP contribution in [0.3, 0.4) is 0 Å².